The topological polar surface area (TPSA) is 50.4 Å². The number of thiocarbonyl (C=S) groups is 1. The van der Waals surface area contributed by atoms with Gasteiger partial charge in [-0.2, -0.15) is 0 Å². The zero-order valence-corrected chi connectivity index (χ0v) is 10.1. The molecule has 0 aromatic heterocycles. The molecule has 2 N–H and O–H groups in total. The van der Waals surface area contributed by atoms with E-state index in [2.05, 4.69) is 15.4 Å². The maximum atomic E-state index is 11.2. The molecule has 0 fully saturated rings. The number of carbonyl (C=O) groups is 1. The molecule has 0 saturated heterocycles. The first-order valence-corrected chi connectivity index (χ1v) is 5.31. The molecule has 4 nitrogen and oxygen atoms in total. The molecule has 0 heterocycles. The normalized spacial score (nSPS) is 9.38. The van der Waals surface area contributed by atoms with Crippen LogP contribution in [0.25, 0.3) is 0 Å². The van der Waals surface area contributed by atoms with E-state index < -0.39 is 0 Å². The molecule has 1 rings (SSSR count). The van der Waals surface area contributed by atoms with Crippen LogP contribution in [0.3, 0.4) is 0 Å². The predicted octanol–water partition coefficient (Wildman–Crippen LogP) is 1.78. The van der Waals surface area contributed by atoms with Crippen molar-refractivity contribution in [2.24, 2.45) is 0 Å². The van der Waals surface area contributed by atoms with E-state index in [1.54, 1.807) is 24.3 Å². The van der Waals surface area contributed by atoms with Gasteiger partial charge in [-0.1, -0.05) is 0 Å². The highest BCUT2D eigenvalue weighted by Crippen LogP contribution is 2.10. The van der Waals surface area contributed by atoms with Crippen LogP contribution in [0.15, 0.2) is 24.3 Å². The summed E-state index contributed by atoms with van der Waals surface area (Å²) in [4.78, 5) is 11.2. The van der Waals surface area contributed by atoms with Gasteiger partial charge < -0.3 is 15.4 Å². The van der Waals surface area contributed by atoms with Crippen molar-refractivity contribution in [1.82, 2.24) is 5.32 Å². The smallest absolute Gasteiger partial charge is 0.337 e. The lowest BCUT2D eigenvalue weighted by Gasteiger charge is -2.08. The van der Waals surface area contributed by atoms with Crippen molar-refractivity contribution in [3.8, 4) is 0 Å². The van der Waals surface area contributed by atoms with Crippen molar-refractivity contribution < 1.29 is 9.53 Å². The van der Waals surface area contributed by atoms with Gasteiger partial charge in [0.2, 0.25) is 0 Å². The summed E-state index contributed by atoms with van der Waals surface area (Å²) in [5, 5.41) is 6.53. The standard InChI is InChI=1S/C11H14N2O2S/c1-3-12-11(16)13-9-6-4-8(5-7-9)10(14)15-2/h4-7H,3H2,1-2H3,(H2,12,13,16). The Labute approximate surface area is 100.0 Å². The summed E-state index contributed by atoms with van der Waals surface area (Å²) in [6, 6.07) is 6.91. The van der Waals surface area contributed by atoms with E-state index in [0.29, 0.717) is 10.7 Å². The number of benzene rings is 1. The lowest BCUT2D eigenvalue weighted by atomic mass is 10.2. The van der Waals surface area contributed by atoms with Gasteiger partial charge in [-0.15, -0.1) is 0 Å². The minimum atomic E-state index is -0.346. The molecular weight excluding hydrogens is 224 g/mol. The number of hydrogen-bond donors (Lipinski definition) is 2. The number of carbonyl (C=O) groups excluding carboxylic acids is 1. The predicted molar refractivity (Wildman–Crippen MR) is 67.7 cm³/mol. The van der Waals surface area contributed by atoms with Gasteiger partial charge in [-0.05, 0) is 43.4 Å². The van der Waals surface area contributed by atoms with Crippen LogP contribution in [0.4, 0.5) is 5.69 Å². The fraction of sp³-hybridized carbons (Fsp3) is 0.273. The van der Waals surface area contributed by atoms with Crippen molar-refractivity contribution in [2.75, 3.05) is 19.0 Å². The molecule has 0 bridgehead atoms. The van der Waals surface area contributed by atoms with Crippen LogP contribution in [0.1, 0.15) is 17.3 Å². The quantitative estimate of drug-likeness (QED) is 0.621. The monoisotopic (exact) mass is 238 g/mol. The van der Waals surface area contributed by atoms with Crippen LogP contribution in [0.5, 0.6) is 0 Å². The van der Waals surface area contributed by atoms with Gasteiger partial charge in [0.1, 0.15) is 0 Å². The van der Waals surface area contributed by atoms with Crippen molar-refractivity contribution in [2.45, 2.75) is 6.92 Å². The van der Waals surface area contributed by atoms with Crippen LogP contribution in [0.2, 0.25) is 0 Å². The molecule has 0 atom stereocenters. The van der Waals surface area contributed by atoms with E-state index in [1.165, 1.54) is 7.11 Å². The maximum Gasteiger partial charge on any atom is 0.337 e. The lowest BCUT2D eigenvalue weighted by molar-refractivity contribution is 0.0601. The van der Waals surface area contributed by atoms with Crippen LogP contribution < -0.4 is 10.6 Å². The van der Waals surface area contributed by atoms with Gasteiger partial charge in [-0.3, -0.25) is 0 Å². The Bertz CT molecular complexity index is 376. The second-order valence-electron chi connectivity index (χ2n) is 3.05. The minimum absolute atomic E-state index is 0.346. The molecule has 0 aliphatic carbocycles. The Hall–Kier alpha value is -1.62. The highest BCUT2D eigenvalue weighted by Gasteiger charge is 2.04. The summed E-state index contributed by atoms with van der Waals surface area (Å²) in [5.41, 5.74) is 1.35. The van der Waals surface area contributed by atoms with E-state index in [-0.39, 0.29) is 5.97 Å². The highest BCUT2D eigenvalue weighted by molar-refractivity contribution is 7.80. The lowest BCUT2D eigenvalue weighted by Crippen LogP contribution is -2.27. The Morgan fingerprint density at radius 1 is 1.38 bits per heavy atom. The molecule has 0 spiro atoms. The molecule has 0 aliphatic rings. The maximum absolute atomic E-state index is 11.2. The second kappa shape index (κ2) is 6.07. The van der Waals surface area contributed by atoms with Crippen LogP contribution in [-0.2, 0) is 4.74 Å². The molecule has 0 amide bonds. The zero-order valence-electron chi connectivity index (χ0n) is 9.24. The number of esters is 1. The molecule has 1 aromatic carbocycles. The molecular formula is C11H14N2O2S. The first-order valence-electron chi connectivity index (χ1n) is 4.90. The van der Waals surface area contributed by atoms with Gasteiger partial charge in [0.25, 0.3) is 0 Å². The summed E-state index contributed by atoms with van der Waals surface area (Å²) in [6.07, 6.45) is 0. The highest BCUT2D eigenvalue weighted by atomic mass is 32.1. The molecule has 0 saturated carbocycles. The Balaban J connectivity index is 2.64. The third-order valence-electron chi connectivity index (χ3n) is 1.90. The summed E-state index contributed by atoms with van der Waals surface area (Å²) >= 11 is 5.03. The SMILES string of the molecule is CCNC(=S)Nc1ccc(C(=O)OC)cc1. The summed E-state index contributed by atoms with van der Waals surface area (Å²) in [6.45, 7) is 2.74. The average Bonchev–Trinajstić information content (AvgIpc) is 2.29. The average molecular weight is 238 g/mol. The molecule has 16 heavy (non-hydrogen) atoms. The van der Waals surface area contributed by atoms with Gasteiger partial charge in [-0.25, -0.2) is 4.79 Å². The van der Waals surface area contributed by atoms with Crippen molar-refractivity contribution in [3.63, 3.8) is 0 Å². The molecule has 86 valence electrons. The zero-order chi connectivity index (χ0) is 12.0. The number of methoxy groups -OCH3 is 1. The molecule has 0 radical (unpaired) electrons. The third-order valence-corrected chi connectivity index (χ3v) is 2.15. The largest absolute Gasteiger partial charge is 0.465 e. The number of hydrogen-bond acceptors (Lipinski definition) is 3. The van der Waals surface area contributed by atoms with E-state index in [9.17, 15) is 4.79 Å². The van der Waals surface area contributed by atoms with Gasteiger partial charge in [0.15, 0.2) is 5.11 Å². The Morgan fingerprint density at radius 2 is 2.00 bits per heavy atom. The van der Waals surface area contributed by atoms with Gasteiger partial charge >= 0.3 is 5.97 Å². The number of ether oxygens (including phenoxy) is 1. The number of rotatable bonds is 3. The van der Waals surface area contributed by atoms with Crippen LogP contribution >= 0.6 is 12.2 Å². The Kier molecular flexibility index (Phi) is 4.72. The van der Waals surface area contributed by atoms with E-state index >= 15 is 0 Å². The van der Waals surface area contributed by atoms with Crippen molar-refractivity contribution in [1.29, 1.82) is 0 Å². The number of nitrogens with one attached hydrogen (secondary N) is 2. The first-order chi connectivity index (χ1) is 7.67. The van der Waals surface area contributed by atoms with Crippen LogP contribution in [0, 0.1) is 0 Å². The van der Waals surface area contributed by atoms with E-state index in [0.717, 1.165) is 12.2 Å². The van der Waals surface area contributed by atoms with Crippen molar-refractivity contribution >= 4 is 29.0 Å². The summed E-state index contributed by atoms with van der Waals surface area (Å²) < 4.78 is 4.60. The molecule has 0 unspecified atom stereocenters. The molecule has 5 heteroatoms. The number of anilines is 1. The van der Waals surface area contributed by atoms with Gasteiger partial charge in [0.05, 0.1) is 12.7 Å². The van der Waals surface area contributed by atoms with E-state index in [1.807, 2.05) is 6.92 Å². The minimum Gasteiger partial charge on any atom is -0.465 e. The molecule has 1 aromatic rings. The second-order valence-corrected chi connectivity index (χ2v) is 3.46. The first kappa shape index (κ1) is 12.4. The van der Waals surface area contributed by atoms with Crippen LogP contribution in [-0.4, -0.2) is 24.7 Å². The third kappa shape index (κ3) is 3.51. The van der Waals surface area contributed by atoms with E-state index in [4.69, 9.17) is 12.2 Å². The Morgan fingerprint density at radius 3 is 2.50 bits per heavy atom. The molecule has 0 aliphatic heterocycles. The summed E-state index contributed by atoms with van der Waals surface area (Å²) in [7, 11) is 1.36. The van der Waals surface area contributed by atoms with Crippen molar-refractivity contribution in [3.05, 3.63) is 29.8 Å². The summed E-state index contributed by atoms with van der Waals surface area (Å²) in [5.74, 6) is -0.346. The van der Waals surface area contributed by atoms with Gasteiger partial charge in [0, 0.05) is 12.2 Å². The fourth-order valence-electron chi connectivity index (χ4n) is 1.14. The fourth-order valence-corrected chi connectivity index (χ4v) is 1.41.